The zero-order valence-corrected chi connectivity index (χ0v) is 23.9. The van der Waals surface area contributed by atoms with Gasteiger partial charge in [0.25, 0.3) is 0 Å². The van der Waals surface area contributed by atoms with E-state index in [1.807, 2.05) is 30.3 Å². The largest absolute Gasteiger partial charge is 0.478 e. The molecule has 1 fully saturated rings. The van der Waals surface area contributed by atoms with E-state index in [1.54, 1.807) is 37.6 Å². The summed E-state index contributed by atoms with van der Waals surface area (Å²) in [7, 11) is 1.66. The maximum atomic E-state index is 11.5. The topological polar surface area (TPSA) is 126 Å². The van der Waals surface area contributed by atoms with Crippen LogP contribution < -0.4 is 4.74 Å². The molecule has 0 saturated carbocycles. The van der Waals surface area contributed by atoms with Crippen LogP contribution in [0.3, 0.4) is 0 Å². The number of ether oxygens (including phenoxy) is 2. The van der Waals surface area contributed by atoms with Gasteiger partial charge in [-0.15, -0.1) is 0 Å². The summed E-state index contributed by atoms with van der Waals surface area (Å²) < 4.78 is 13.5. The van der Waals surface area contributed by atoms with Crippen LogP contribution in [0.2, 0.25) is 0 Å². The number of nitrogens with zero attached hydrogens (tertiary/aromatic N) is 6. The highest BCUT2D eigenvalue weighted by molar-refractivity contribution is 5.92. The summed E-state index contributed by atoms with van der Waals surface area (Å²) >= 11 is 0. The van der Waals surface area contributed by atoms with Crippen molar-refractivity contribution in [3.05, 3.63) is 95.1 Å². The third kappa shape index (κ3) is 6.04. The van der Waals surface area contributed by atoms with E-state index in [4.69, 9.17) is 19.4 Å². The van der Waals surface area contributed by atoms with E-state index in [-0.39, 0.29) is 5.56 Å². The molecule has 0 amide bonds. The molecule has 1 aliphatic rings. The van der Waals surface area contributed by atoms with Crippen molar-refractivity contribution in [2.75, 3.05) is 26.8 Å². The van der Waals surface area contributed by atoms with Gasteiger partial charge < -0.3 is 19.1 Å². The lowest BCUT2D eigenvalue weighted by molar-refractivity contribution is 0.0697. The molecule has 1 N–H and O–H groups in total. The summed E-state index contributed by atoms with van der Waals surface area (Å²) in [6, 6.07) is 20.7. The van der Waals surface area contributed by atoms with Crippen molar-refractivity contribution in [2.24, 2.45) is 0 Å². The van der Waals surface area contributed by atoms with Gasteiger partial charge in [-0.25, -0.2) is 14.8 Å². The number of hydrogen-bond acceptors (Lipinski definition) is 8. The smallest absolute Gasteiger partial charge is 0.335 e. The van der Waals surface area contributed by atoms with Crippen LogP contribution in [0.25, 0.3) is 21.9 Å². The van der Waals surface area contributed by atoms with Crippen LogP contribution in [0, 0.1) is 11.3 Å². The summed E-state index contributed by atoms with van der Waals surface area (Å²) in [4.78, 5) is 28.1. The fourth-order valence-corrected chi connectivity index (χ4v) is 5.78. The Bertz CT molecular complexity index is 1820. The van der Waals surface area contributed by atoms with Gasteiger partial charge in [-0.05, 0) is 68.4 Å². The van der Waals surface area contributed by atoms with Crippen molar-refractivity contribution >= 4 is 27.9 Å². The van der Waals surface area contributed by atoms with Crippen molar-refractivity contribution < 1.29 is 19.4 Å². The zero-order valence-electron chi connectivity index (χ0n) is 23.9. The minimum Gasteiger partial charge on any atom is -0.478 e. The van der Waals surface area contributed by atoms with Crippen LogP contribution >= 0.6 is 0 Å². The summed E-state index contributed by atoms with van der Waals surface area (Å²) in [6.07, 6.45) is 3.65. The van der Waals surface area contributed by atoms with E-state index >= 15 is 0 Å². The molecule has 1 aliphatic heterocycles. The number of methoxy groups -OCH3 is 1. The highest BCUT2D eigenvalue weighted by Crippen LogP contribution is 2.30. The van der Waals surface area contributed by atoms with Gasteiger partial charge in [0.1, 0.15) is 12.4 Å². The standard InChI is InChI=1S/C33H32N6O4/c1-42-17-16-39-29-18-23(33(40)41)9-10-28(29)36-30(39)20-38-14-11-22(12-15-38)27-5-2-6-31(37-27)43-21-25-8-7-24(19-34)26-4-3-13-35-32(25)26/h2-10,13,18,22H,11-12,14-17,20-21H2,1H3,(H,40,41). The van der Waals surface area contributed by atoms with E-state index in [0.717, 1.165) is 64.9 Å². The normalized spacial score (nSPS) is 14.2. The molecule has 0 spiro atoms. The Hall–Kier alpha value is -4.85. The van der Waals surface area contributed by atoms with Gasteiger partial charge in [0.05, 0.1) is 46.9 Å². The van der Waals surface area contributed by atoms with E-state index in [0.29, 0.717) is 43.7 Å². The minimum absolute atomic E-state index is 0.249. The van der Waals surface area contributed by atoms with Crippen LogP contribution in [0.4, 0.5) is 0 Å². The second kappa shape index (κ2) is 12.6. The Morgan fingerprint density at radius 3 is 2.74 bits per heavy atom. The maximum Gasteiger partial charge on any atom is 0.335 e. The highest BCUT2D eigenvalue weighted by Gasteiger charge is 2.24. The fourth-order valence-electron chi connectivity index (χ4n) is 5.78. The molecule has 3 aromatic heterocycles. The second-order valence-corrected chi connectivity index (χ2v) is 10.7. The number of hydrogen-bond donors (Lipinski definition) is 1. The number of nitriles is 1. The molecule has 0 unspecified atom stereocenters. The first kappa shape index (κ1) is 28.3. The molecule has 10 heteroatoms. The quantitative estimate of drug-likeness (QED) is 0.240. The molecule has 10 nitrogen and oxygen atoms in total. The highest BCUT2D eigenvalue weighted by atomic mass is 16.5. The van der Waals surface area contributed by atoms with Gasteiger partial charge in [0, 0.05) is 48.5 Å². The van der Waals surface area contributed by atoms with E-state index < -0.39 is 5.97 Å². The number of likely N-dealkylation sites (tertiary alicyclic amines) is 1. The molecule has 43 heavy (non-hydrogen) atoms. The van der Waals surface area contributed by atoms with Gasteiger partial charge in [-0.3, -0.25) is 9.88 Å². The average Bonchev–Trinajstić information content (AvgIpc) is 3.38. The first-order valence-electron chi connectivity index (χ1n) is 14.3. The van der Waals surface area contributed by atoms with E-state index in [1.165, 1.54) is 0 Å². The van der Waals surface area contributed by atoms with Gasteiger partial charge in [-0.1, -0.05) is 12.1 Å². The number of rotatable bonds is 10. The molecular weight excluding hydrogens is 544 g/mol. The van der Waals surface area contributed by atoms with Crippen LogP contribution in [0.1, 0.15) is 51.8 Å². The number of carboxylic acid groups (broad SMARTS) is 1. The third-order valence-corrected chi connectivity index (χ3v) is 8.06. The molecule has 0 radical (unpaired) electrons. The van der Waals surface area contributed by atoms with Crippen LogP contribution in [-0.4, -0.2) is 62.3 Å². The Morgan fingerprint density at radius 2 is 1.95 bits per heavy atom. The van der Waals surface area contributed by atoms with E-state index in [2.05, 4.69) is 26.6 Å². The van der Waals surface area contributed by atoms with Crippen molar-refractivity contribution in [2.45, 2.75) is 38.5 Å². The number of benzene rings is 2. The number of aromatic nitrogens is 4. The van der Waals surface area contributed by atoms with Crippen LogP contribution in [0.5, 0.6) is 5.88 Å². The summed E-state index contributed by atoms with van der Waals surface area (Å²) in [5.74, 6) is 0.850. The summed E-state index contributed by atoms with van der Waals surface area (Å²) in [5.41, 5.74) is 5.14. The van der Waals surface area contributed by atoms with Gasteiger partial charge in [-0.2, -0.15) is 5.26 Å². The molecule has 218 valence electrons. The molecular formula is C33H32N6O4. The van der Waals surface area contributed by atoms with Crippen molar-refractivity contribution in [1.29, 1.82) is 5.26 Å². The first-order chi connectivity index (χ1) is 21.0. The summed E-state index contributed by atoms with van der Waals surface area (Å²) in [6.45, 7) is 3.90. The molecule has 5 aromatic rings. The maximum absolute atomic E-state index is 11.5. The minimum atomic E-state index is -0.951. The van der Waals surface area contributed by atoms with Gasteiger partial charge in [0.15, 0.2) is 0 Å². The molecule has 6 rings (SSSR count). The number of fused-ring (bicyclic) bond motifs is 2. The average molecular weight is 577 g/mol. The molecule has 0 bridgehead atoms. The lowest BCUT2D eigenvalue weighted by atomic mass is 9.93. The number of aromatic carboxylic acids is 1. The predicted octanol–water partition coefficient (Wildman–Crippen LogP) is 5.15. The number of pyridine rings is 2. The van der Waals surface area contributed by atoms with Crippen molar-refractivity contribution in [1.82, 2.24) is 24.4 Å². The van der Waals surface area contributed by atoms with Gasteiger partial charge >= 0.3 is 5.97 Å². The molecule has 0 aliphatic carbocycles. The molecule has 0 atom stereocenters. The Kier molecular flexibility index (Phi) is 8.27. The van der Waals surface area contributed by atoms with Crippen LogP contribution in [-0.2, 0) is 24.4 Å². The number of imidazole rings is 1. The third-order valence-electron chi connectivity index (χ3n) is 8.06. The zero-order chi connectivity index (χ0) is 29.8. The molecule has 2 aromatic carbocycles. The monoisotopic (exact) mass is 576 g/mol. The van der Waals surface area contributed by atoms with E-state index in [9.17, 15) is 15.2 Å². The number of piperidine rings is 1. The SMILES string of the molecule is COCCn1c(CN2CCC(c3cccc(OCc4ccc(C#N)c5cccnc45)n3)CC2)nc2ccc(C(=O)O)cc21. The lowest BCUT2D eigenvalue weighted by Crippen LogP contribution is -2.33. The number of carbonyl (C=O) groups is 1. The lowest BCUT2D eigenvalue weighted by Gasteiger charge is -2.31. The molecule has 4 heterocycles. The Balaban J connectivity index is 1.11. The van der Waals surface area contributed by atoms with Crippen LogP contribution in [0.15, 0.2) is 66.9 Å². The van der Waals surface area contributed by atoms with Crippen molar-refractivity contribution in [3.8, 4) is 11.9 Å². The Labute approximate surface area is 249 Å². The fraction of sp³-hybridized carbons (Fsp3) is 0.303. The Morgan fingerprint density at radius 1 is 1.09 bits per heavy atom. The number of carboxylic acids is 1. The van der Waals surface area contributed by atoms with Crippen molar-refractivity contribution in [3.63, 3.8) is 0 Å². The van der Waals surface area contributed by atoms with Gasteiger partial charge in [0.2, 0.25) is 5.88 Å². The summed E-state index contributed by atoms with van der Waals surface area (Å²) in [5, 5.41) is 19.7. The predicted molar refractivity (Wildman–Crippen MR) is 161 cm³/mol. The first-order valence-corrected chi connectivity index (χ1v) is 14.3. The molecule has 1 saturated heterocycles. The second-order valence-electron chi connectivity index (χ2n) is 10.7.